The molecule has 0 radical (unpaired) electrons. The summed E-state index contributed by atoms with van der Waals surface area (Å²) in [5.74, 6) is -0.115. The van der Waals surface area contributed by atoms with Gasteiger partial charge in [0, 0.05) is 11.3 Å². The van der Waals surface area contributed by atoms with E-state index < -0.39 is 10.0 Å². The molecule has 1 heterocycles. The van der Waals surface area contributed by atoms with Crippen LogP contribution in [0.3, 0.4) is 0 Å². The fourth-order valence-corrected chi connectivity index (χ4v) is 3.56. The number of para-hydroxylation sites is 1. The van der Waals surface area contributed by atoms with Crippen molar-refractivity contribution in [1.29, 1.82) is 0 Å². The summed E-state index contributed by atoms with van der Waals surface area (Å²) in [6.45, 7) is 1.73. The highest BCUT2D eigenvalue weighted by atomic mass is 32.2. The number of amidine groups is 1. The van der Waals surface area contributed by atoms with Crippen LogP contribution in [-0.2, 0) is 14.8 Å². The molecule has 0 spiro atoms. The Balaban J connectivity index is 1.77. The van der Waals surface area contributed by atoms with E-state index >= 15 is 0 Å². The molecule has 1 amide bonds. The van der Waals surface area contributed by atoms with Gasteiger partial charge in [-0.15, -0.1) is 0 Å². The number of fused-ring (bicyclic) bond motifs is 1. The van der Waals surface area contributed by atoms with Crippen LogP contribution in [0, 0.1) is 6.92 Å². The van der Waals surface area contributed by atoms with E-state index in [-0.39, 0.29) is 23.2 Å². The molecule has 2 aromatic carbocycles. The Hall–Kier alpha value is -2.67. The predicted molar refractivity (Wildman–Crippen MR) is 88.0 cm³/mol. The van der Waals surface area contributed by atoms with E-state index in [1.165, 1.54) is 6.07 Å². The number of benzene rings is 2. The second-order valence-corrected chi connectivity index (χ2v) is 6.78. The minimum absolute atomic E-state index is 0.166. The molecule has 1 aliphatic heterocycles. The van der Waals surface area contributed by atoms with Gasteiger partial charge in [-0.25, -0.2) is 8.42 Å². The van der Waals surface area contributed by atoms with Crippen LogP contribution in [0.25, 0.3) is 0 Å². The van der Waals surface area contributed by atoms with Gasteiger partial charge in [0.1, 0.15) is 12.4 Å². The Labute approximate surface area is 134 Å². The normalized spacial score (nSPS) is 16.7. The summed E-state index contributed by atoms with van der Waals surface area (Å²) < 4.78 is 26.3. The zero-order valence-electron chi connectivity index (χ0n) is 12.4. The van der Waals surface area contributed by atoms with Crippen molar-refractivity contribution in [2.75, 3.05) is 11.9 Å². The molecule has 7 heteroatoms. The molecule has 2 N–H and O–H groups in total. The molecule has 0 saturated carbocycles. The van der Waals surface area contributed by atoms with Crippen molar-refractivity contribution in [1.82, 2.24) is 4.72 Å². The first kappa shape index (κ1) is 15.2. The first-order valence-corrected chi connectivity index (χ1v) is 8.48. The molecule has 0 aromatic heterocycles. The number of carbonyl (C=O) groups is 1. The first-order chi connectivity index (χ1) is 11.0. The maximum atomic E-state index is 12.0. The van der Waals surface area contributed by atoms with Crippen LogP contribution in [0.2, 0.25) is 0 Å². The molecular formula is C16H15N3O3S. The Bertz CT molecular complexity index is 904. The minimum Gasteiger partial charge on any atom is -0.324 e. The van der Waals surface area contributed by atoms with Gasteiger partial charge in [-0.2, -0.15) is 0 Å². The number of nitrogens with zero attached hydrogens (tertiary/aromatic N) is 1. The van der Waals surface area contributed by atoms with Gasteiger partial charge in [0.15, 0.2) is 0 Å². The number of hydrogen-bond acceptors (Lipinski definition) is 4. The van der Waals surface area contributed by atoms with Crippen molar-refractivity contribution in [2.24, 2.45) is 4.99 Å². The lowest BCUT2D eigenvalue weighted by molar-refractivity contribution is -0.114. The molecular weight excluding hydrogens is 314 g/mol. The average molecular weight is 329 g/mol. The fourth-order valence-electron chi connectivity index (χ4n) is 2.31. The molecule has 6 nitrogen and oxygen atoms in total. The van der Waals surface area contributed by atoms with Crippen LogP contribution >= 0.6 is 0 Å². The van der Waals surface area contributed by atoms with Gasteiger partial charge in [0.2, 0.25) is 5.91 Å². The third-order valence-corrected chi connectivity index (χ3v) is 4.86. The van der Waals surface area contributed by atoms with E-state index in [4.69, 9.17) is 0 Å². The summed E-state index contributed by atoms with van der Waals surface area (Å²) in [6, 6.07) is 13.9. The number of hydrogen-bond donors (Lipinski definition) is 2. The number of sulfonamides is 1. The number of rotatable bonds is 3. The maximum Gasteiger partial charge on any atom is 0.263 e. The predicted octanol–water partition coefficient (Wildman–Crippen LogP) is 1.67. The molecule has 23 heavy (non-hydrogen) atoms. The van der Waals surface area contributed by atoms with E-state index in [0.29, 0.717) is 11.3 Å². The van der Waals surface area contributed by atoms with E-state index in [1.807, 2.05) is 25.1 Å². The number of aliphatic imine (C=N–C) groups is 1. The summed E-state index contributed by atoms with van der Waals surface area (Å²) in [6.07, 6.45) is 0. The zero-order chi connectivity index (χ0) is 16.4. The van der Waals surface area contributed by atoms with Gasteiger partial charge in [0.25, 0.3) is 10.0 Å². The molecule has 0 atom stereocenters. The van der Waals surface area contributed by atoms with Gasteiger partial charge in [-0.3, -0.25) is 14.5 Å². The van der Waals surface area contributed by atoms with Crippen LogP contribution in [-0.4, -0.2) is 26.7 Å². The molecule has 118 valence electrons. The highest BCUT2D eigenvalue weighted by Crippen LogP contribution is 2.22. The molecule has 0 unspecified atom stereocenters. The standard InChI is InChI=1S/C16H15N3O3S/c1-11-6-2-4-8-13(11)18-15(20)10-17-16-12-7-3-5-9-14(12)23(21,22)19-16/h2-9H,10H2,1H3,(H,17,19)(H,18,20). The Kier molecular flexibility index (Phi) is 3.87. The average Bonchev–Trinajstić information content (AvgIpc) is 2.79. The lowest BCUT2D eigenvalue weighted by Gasteiger charge is -2.06. The van der Waals surface area contributed by atoms with Crippen LogP contribution in [0.1, 0.15) is 11.1 Å². The van der Waals surface area contributed by atoms with Gasteiger partial charge >= 0.3 is 0 Å². The number of amides is 1. The van der Waals surface area contributed by atoms with Crippen LogP contribution in [0.15, 0.2) is 58.4 Å². The summed E-state index contributed by atoms with van der Waals surface area (Å²) >= 11 is 0. The van der Waals surface area contributed by atoms with Crippen LogP contribution in [0.5, 0.6) is 0 Å². The maximum absolute atomic E-state index is 12.0. The lowest BCUT2D eigenvalue weighted by Crippen LogP contribution is -2.24. The summed E-state index contributed by atoms with van der Waals surface area (Å²) in [4.78, 5) is 16.3. The second-order valence-electron chi connectivity index (χ2n) is 5.13. The molecule has 0 bridgehead atoms. The topological polar surface area (TPSA) is 87.6 Å². The van der Waals surface area contributed by atoms with Crippen molar-refractivity contribution < 1.29 is 13.2 Å². The monoisotopic (exact) mass is 329 g/mol. The van der Waals surface area contributed by atoms with Gasteiger partial charge in [0.05, 0.1) is 4.90 Å². The van der Waals surface area contributed by atoms with Crippen molar-refractivity contribution in [3.63, 3.8) is 0 Å². The van der Waals surface area contributed by atoms with Crippen molar-refractivity contribution in [3.05, 3.63) is 59.7 Å². The van der Waals surface area contributed by atoms with Crippen molar-refractivity contribution in [3.8, 4) is 0 Å². The SMILES string of the molecule is Cc1ccccc1NC(=O)CN=C1NS(=O)(=O)c2ccccc21. The highest BCUT2D eigenvalue weighted by molar-refractivity contribution is 7.90. The molecule has 0 fully saturated rings. The lowest BCUT2D eigenvalue weighted by atomic mass is 10.2. The Morgan fingerprint density at radius 2 is 1.83 bits per heavy atom. The quantitative estimate of drug-likeness (QED) is 0.898. The molecule has 3 rings (SSSR count). The second kappa shape index (κ2) is 5.85. The van der Waals surface area contributed by atoms with Crippen LogP contribution in [0.4, 0.5) is 5.69 Å². The molecule has 0 saturated heterocycles. The van der Waals surface area contributed by atoms with Gasteiger partial charge in [-0.1, -0.05) is 30.3 Å². The smallest absolute Gasteiger partial charge is 0.263 e. The summed E-state index contributed by atoms with van der Waals surface area (Å²) in [5.41, 5.74) is 2.14. The minimum atomic E-state index is -3.58. The third-order valence-electron chi connectivity index (χ3n) is 3.46. The van der Waals surface area contributed by atoms with E-state index in [1.54, 1.807) is 24.3 Å². The summed E-state index contributed by atoms with van der Waals surface area (Å²) in [5, 5.41) is 2.76. The largest absolute Gasteiger partial charge is 0.324 e. The number of carbonyl (C=O) groups excluding carboxylic acids is 1. The first-order valence-electron chi connectivity index (χ1n) is 6.99. The van der Waals surface area contributed by atoms with Gasteiger partial charge < -0.3 is 5.32 Å². The molecule has 2 aromatic rings. The number of aryl methyl sites for hydroxylation is 1. The summed E-state index contributed by atoms with van der Waals surface area (Å²) in [7, 11) is -3.58. The Morgan fingerprint density at radius 1 is 1.13 bits per heavy atom. The Morgan fingerprint density at radius 3 is 2.61 bits per heavy atom. The van der Waals surface area contributed by atoms with E-state index in [0.717, 1.165) is 5.56 Å². The van der Waals surface area contributed by atoms with Crippen molar-refractivity contribution >= 4 is 27.5 Å². The fraction of sp³-hybridized carbons (Fsp3) is 0.125. The number of anilines is 1. The van der Waals surface area contributed by atoms with Crippen molar-refractivity contribution in [2.45, 2.75) is 11.8 Å². The van der Waals surface area contributed by atoms with Crippen LogP contribution < -0.4 is 10.0 Å². The van der Waals surface area contributed by atoms with E-state index in [2.05, 4.69) is 15.0 Å². The third kappa shape index (κ3) is 3.09. The highest BCUT2D eigenvalue weighted by Gasteiger charge is 2.30. The number of nitrogens with one attached hydrogen (secondary N) is 2. The zero-order valence-corrected chi connectivity index (χ0v) is 13.2. The van der Waals surface area contributed by atoms with E-state index in [9.17, 15) is 13.2 Å². The molecule has 0 aliphatic carbocycles. The van der Waals surface area contributed by atoms with Gasteiger partial charge in [-0.05, 0) is 30.7 Å². The molecule has 1 aliphatic rings.